The molecule has 0 heterocycles. The molecule has 0 aliphatic rings. The first-order chi connectivity index (χ1) is 9.49. The van der Waals surface area contributed by atoms with E-state index in [1.165, 1.54) is 0 Å². The van der Waals surface area contributed by atoms with E-state index < -0.39 is 0 Å². The lowest BCUT2D eigenvalue weighted by atomic mass is 9.87. The number of hydrogen-bond acceptors (Lipinski definition) is 2. The number of nitrogens with one attached hydrogen (secondary N) is 2. The zero-order valence-electron chi connectivity index (χ0n) is 13.8. The van der Waals surface area contributed by atoms with Crippen LogP contribution in [0, 0.1) is 5.41 Å². The quantitative estimate of drug-likeness (QED) is 0.822. The predicted molar refractivity (Wildman–Crippen MR) is 84.8 cm³/mol. The first kappa shape index (κ1) is 17.2. The van der Waals surface area contributed by atoms with Gasteiger partial charge in [-0.2, -0.15) is 0 Å². The number of amides is 2. The minimum Gasteiger partial charge on any atom is -0.273 e. The Balaban J connectivity index is 2.59. The van der Waals surface area contributed by atoms with Gasteiger partial charge in [0.1, 0.15) is 0 Å². The van der Waals surface area contributed by atoms with Crippen molar-refractivity contribution in [1.29, 1.82) is 0 Å². The van der Waals surface area contributed by atoms with E-state index in [2.05, 4.69) is 31.6 Å². The van der Waals surface area contributed by atoms with Crippen LogP contribution in [0.2, 0.25) is 0 Å². The largest absolute Gasteiger partial charge is 0.273 e. The summed E-state index contributed by atoms with van der Waals surface area (Å²) in [4.78, 5) is 23.6. The Labute approximate surface area is 127 Å². The van der Waals surface area contributed by atoms with Crippen molar-refractivity contribution >= 4 is 11.8 Å². The molecule has 21 heavy (non-hydrogen) atoms. The molecule has 2 N–H and O–H groups in total. The first-order valence-electron chi connectivity index (χ1n) is 7.19. The molecule has 0 saturated carbocycles. The lowest BCUT2D eigenvalue weighted by Gasteiger charge is -2.19. The molecule has 1 aromatic carbocycles. The van der Waals surface area contributed by atoms with Gasteiger partial charge < -0.3 is 0 Å². The van der Waals surface area contributed by atoms with Crippen LogP contribution in [0.4, 0.5) is 0 Å². The summed E-state index contributed by atoms with van der Waals surface area (Å²) in [6.45, 7) is 12.3. The van der Waals surface area contributed by atoms with Crippen molar-refractivity contribution in [3.8, 4) is 0 Å². The second kappa shape index (κ2) is 6.29. The highest BCUT2D eigenvalue weighted by Gasteiger charge is 2.17. The molecule has 0 atom stereocenters. The molecule has 0 spiro atoms. The Morgan fingerprint density at radius 1 is 0.905 bits per heavy atom. The minimum absolute atomic E-state index is 0.0515. The molecule has 0 fully saturated rings. The highest BCUT2D eigenvalue weighted by Crippen LogP contribution is 2.22. The topological polar surface area (TPSA) is 58.2 Å². The van der Waals surface area contributed by atoms with E-state index >= 15 is 0 Å². The standard InChI is InChI=1S/C17H26N2O2/c1-16(2,3)11-14(20)18-19-15(21)12-7-9-13(10-8-12)17(4,5)6/h7-10H,11H2,1-6H3,(H,18,20)(H,19,21). The lowest BCUT2D eigenvalue weighted by Crippen LogP contribution is -2.42. The number of benzene rings is 1. The van der Waals surface area contributed by atoms with Gasteiger partial charge in [-0.05, 0) is 28.5 Å². The van der Waals surface area contributed by atoms with Gasteiger partial charge in [0.05, 0.1) is 0 Å². The molecule has 4 nitrogen and oxygen atoms in total. The molecule has 116 valence electrons. The minimum atomic E-state index is -0.308. The van der Waals surface area contributed by atoms with E-state index in [0.29, 0.717) is 12.0 Å². The van der Waals surface area contributed by atoms with E-state index in [-0.39, 0.29) is 22.6 Å². The van der Waals surface area contributed by atoms with Crippen LogP contribution in [0.1, 0.15) is 63.9 Å². The van der Waals surface area contributed by atoms with Crippen molar-refractivity contribution in [3.05, 3.63) is 35.4 Å². The molecule has 1 aromatic rings. The molecule has 1 rings (SSSR count). The number of hydrazine groups is 1. The highest BCUT2D eigenvalue weighted by atomic mass is 16.2. The van der Waals surface area contributed by atoms with Crippen molar-refractivity contribution in [2.45, 2.75) is 53.4 Å². The van der Waals surface area contributed by atoms with Gasteiger partial charge in [0, 0.05) is 12.0 Å². The maximum atomic E-state index is 11.9. The molecule has 2 amide bonds. The van der Waals surface area contributed by atoms with Crippen molar-refractivity contribution in [2.75, 3.05) is 0 Å². The molecule has 0 saturated heterocycles. The number of hydrogen-bond donors (Lipinski definition) is 2. The van der Waals surface area contributed by atoms with Crippen LogP contribution in [0.25, 0.3) is 0 Å². The summed E-state index contributed by atoms with van der Waals surface area (Å²) >= 11 is 0. The van der Waals surface area contributed by atoms with E-state index in [4.69, 9.17) is 0 Å². The van der Waals surface area contributed by atoms with Crippen LogP contribution in [-0.4, -0.2) is 11.8 Å². The maximum absolute atomic E-state index is 11.9. The van der Waals surface area contributed by atoms with Gasteiger partial charge in [0.15, 0.2) is 0 Å². The smallest absolute Gasteiger partial charge is 0.269 e. The SMILES string of the molecule is CC(C)(C)CC(=O)NNC(=O)c1ccc(C(C)(C)C)cc1. The Morgan fingerprint density at radius 2 is 1.43 bits per heavy atom. The van der Waals surface area contributed by atoms with Crippen molar-refractivity contribution in [1.82, 2.24) is 10.9 Å². The first-order valence-corrected chi connectivity index (χ1v) is 7.19. The summed E-state index contributed by atoms with van der Waals surface area (Å²) in [5.74, 6) is -0.500. The van der Waals surface area contributed by atoms with Crippen molar-refractivity contribution in [2.24, 2.45) is 5.41 Å². The number of rotatable bonds is 2. The Bertz CT molecular complexity index is 505. The van der Waals surface area contributed by atoms with E-state index in [9.17, 15) is 9.59 Å². The normalized spacial score (nSPS) is 11.9. The second-order valence-electron chi connectivity index (χ2n) is 7.57. The molecular formula is C17H26N2O2. The van der Waals surface area contributed by atoms with Crippen LogP contribution in [0.5, 0.6) is 0 Å². The molecule has 0 bridgehead atoms. The van der Waals surface area contributed by atoms with Crippen LogP contribution >= 0.6 is 0 Å². The fourth-order valence-electron chi connectivity index (χ4n) is 1.85. The summed E-state index contributed by atoms with van der Waals surface area (Å²) in [6, 6.07) is 7.41. The van der Waals surface area contributed by atoms with E-state index in [0.717, 1.165) is 5.56 Å². The fourth-order valence-corrected chi connectivity index (χ4v) is 1.85. The van der Waals surface area contributed by atoms with Crippen LogP contribution in [0.15, 0.2) is 24.3 Å². The maximum Gasteiger partial charge on any atom is 0.269 e. The van der Waals surface area contributed by atoms with Crippen molar-refractivity contribution in [3.63, 3.8) is 0 Å². The van der Waals surface area contributed by atoms with Gasteiger partial charge in [0.2, 0.25) is 5.91 Å². The average Bonchev–Trinajstić information content (AvgIpc) is 2.33. The Kier molecular flexibility index (Phi) is 5.15. The van der Waals surface area contributed by atoms with Crippen LogP contribution in [0.3, 0.4) is 0 Å². The average molecular weight is 290 g/mol. The molecule has 0 aliphatic carbocycles. The third-order valence-corrected chi connectivity index (χ3v) is 3.02. The number of carbonyl (C=O) groups is 2. The van der Waals surface area contributed by atoms with E-state index in [1.807, 2.05) is 32.9 Å². The highest BCUT2D eigenvalue weighted by molar-refractivity contribution is 5.95. The van der Waals surface area contributed by atoms with Crippen LogP contribution < -0.4 is 10.9 Å². The zero-order valence-corrected chi connectivity index (χ0v) is 13.8. The Morgan fingerprint density at radius 3 is 1.86 bits per heavy atom. The van der Waals surface area contributed by atoms with Gasteiger partial charge in [0.25, 0.3) is 5.91 Å². The summed E-state index contributed by atoms with van der Waals surface area (Å²) in [5.41, 5.74) is 6.52. The molecular weight excluding hydrogens is 264 g/mol. The second-order valence-corrected chi connectivity index (χ2v) is 7.57. The third kappa shape index (κ3) is 5.98. The molecule has 0 aliphatic heterocycles. The summed E-state index contributed by atoms with van der Waals surface area (Å²) in [6.07, 6.45) is 0.357. The molecule has 0 aromatic heterocycles. The van der Waals surface area contributed by atoms with Gasteiger partial charge in [-0.15, -0.1) is 0 Å². The molecule has 4 heteroatoms. The van der Waals surface area contributed by atoms with E-state index in [1.54, 1.807) is 12.1 Å². The van der Waals surface area contributed by atoms with Crippen molar-refractivity contribution < 1.29 is 9.59 Å². The molecule has 0 radical (unpaired) electrons. The monoisotopic (exact) mass is 290 g/mol. The summed E-state index contributed by atoms with van der Waals surface area (Å²) in [5, 5.41) is 0. The predicted octanol–water partition coefficient (Wildman–Crippen LogP) is 3.18. The zero-order chi connectivity index (χ0) is 16.3. The summed E-state index contributed by atoms with van der Waals surface area (Å²) < 4.78 is 0. The molecule has 0 unspecified atom stereocenters. The number of carbonyl (C=O) groups excluding carboxylic acids is 2. The fraction of sp³-hybridized carbons (Fsp3) is 0.529. The van der Waals surface area contributed by atoms with Gasteiger partial charge in [-0.25, -0.2) is 0 Å². The van der Waals surface area contributed by atoms with Gasteiger partial charge >= 0.3 is 0 Å². The van der Waals surface area contributed by atoms with Gasteiger partial charge in [-0.3, -0.25) is 20.4 Å². The van der Waals surface area contributed by atoms with Gasteiger partial charge in [-0.1, -0.05) is 53.7 Å². The Hall–Kier alpha value is -1.84. The summed E-state index contributed by atoms with van der Waals surface area (Å²) in [7, 11) is 0. The third-order valence-electron chi connectivity index (χ3n) is 3.02. The van der Waals surface area contributed by atoms with Crippen LogP contribution in [-0.2, 0) is 10.2 Å². The lowest BCUT2D eigenvalue weighted by molar-refractivity contribution is -0.123.